The van der Waals surface area contributed by atoms with Crippen molar-refractivity contribution in [3.05, 3.63) is 61.5 Å². The normalized spacial score (nSPS) is 11.0. The number of rotatable bonds is 19. The summed E-state index contributed by atoms with van der Waals surface area (Å²) in [5.41, 5.74) is -0.929. The van der Waals surface area contributed by atoms with E-state index in [2.05, 4.69) is 19.7 Å². The predicted octanol–water partition coefficient (Wildman–Crippen LogP) is -0.389. The molecule has 37 heavy (non-hydrogen) atoms. The van der Waals surface area contributed by atoms with E-state index < -0.39 is 46.9 Å². The van der Waals surface area contributed by atoms with Crippen molar-refractivity contribution in [2.24, 2.45) is 0 Å². The fourth-order valence-electron chi connectivity index (χ4n) is 2.51. The van der Waals surface area contributed by atoms with Crippen molar-refractivity contribution in [3.63, 3.8) is 0 Å². The van der Waals surface area contributed by atoms with E-state index >= 15 is 0 Å². The molecule has 0 aliphatic rings. The molecule has 0 saturated heterocycles. The average molecular weight is 520 g/mol. The minimum Gasteiger partial charge on any atom is -0.545 e. The minimum atomic E-state index is -1.68. The molecular weight excluding hydrogens is 490 g/mol. The van der Waals surface area contributed by atoms with Crippen molar-refractivity contribution in [3.8, 4) is 0 Å². The molecule has 0 N–H and O–H groups in total. The summed E-state index contributed by atoms with van der Waals surface area (Å²) in [7, 11) is 0. The molecule has 1 amide bonds. The van der Waals surface area contributed by atoms with Crippen molar-refractivity contribution < 1.29 is 53.2 Å². The number of esters is 3. The summed E-state index contributed by atoms with van der Waals surface area (Å²) in [6.45, 7) is 9.06. The zero-order chi connectivity index (χ0) is 28.2. The fraction of sp³-hybridized carbons (Fsp3) is 0.360. The molecule has 0 fully saturated rings. The van der Waals surface area contributed by atoms with Crippen molar-refractivity contribution in [2.45, 2.75) is 38.5 Å². The van der Waals surface area contributed by atoms with Crippen LogP contribution in [0.25, 0.3) is 0 Å². The molecule has 12 nitrogen and oxygen atoms in total. The Balaban J connectivity index is 5.65. The monoisotopic (exact) mass is 519 g/mol. The van der Waals surface area contributed by atoms with Crippen LogP contribution < -0.4 is 10.2 Å². The number of carboxylic acids is 2. The summed E-state index contributed by atoms with van der Waals surface area (Å²) in [6, 6.07) is 0. The number of carbonyl (C=O) groups is 6. The summed E-state index contributed by atoms with van der Waals surface area (Å²) < 4.78 is 14.3. The lowest BCUT2D eigenvalue weighted by atomic mass is 10.1. The van der Waals surface area contributed by atoms with Crippen LogP contribution in [0.1, 0.15) is 38.5 Å². The SMILES string of the molecule is C=CC(=O)OCCCCCC(=O)N(/C=C(/CCOC(=O)C=C)C(=O)[O-])/C=C(\CCOC(=O)C=C)C(=O)[O-]. The van der Waals surface area contributed by atoms with Gasteiger partial charge in [0, 0.05) is 49.9 Å². The quantitative estimate of drug-likeness (QED) is 0.0938. The Labute approximate surface area is 214 Å². The third-order valence-electron chi connectivity index (χ3n) is 4.41. The molecule has 0 aromatic rings. The molecule has 0 aromatic carbocycles. The summed E-state index contributed by atoms with van der Waals surface area (Å²) in [5, 5.41) is 23.1. The van der Waals surface area contributed by atoms with Gasteiger partial charge in [-0.15, -0.1) is 0 Å². The van der Waals surface area contributed by atoms with Crippen LogP contribution in [0.5, 0.6) is 0 Å². The van der Waals surface area contributed by atoms with Gasteiger partial charge in [-0.05, 0) is 30.4 Å². The molecule has 202 valence electrons. The van der Waals surface area contributed by atoms with Gasteiger partial charge in [-0.2, -0.15) is 0 Å². The third kappa shape index (κ3) is 15.2. The number of hydrogen-bond acceptors (Lipinski definition) is 11. The molecule has 0 atom stereocenters. The average Bonchev–Trinajstić information content (AvgIpc) is 2.87. The van der Waals surface area contributed by atoms with Crippen LogP contribution >= 0.6 is 0 Å². The number of aliphatic carboxylic acids is 2. The second kappa shape index (κ2) is 18.8. The van der Waals surface area contributed by atoms with Crippen LogP contribution in [-0.2, 0) is 43.0 Å². The standard InChI is InChI=1S/C25H31NO11/c1-4-21(28)35-13-9-7-8-10-20(27)26(16-18(24(31)32)11-14-36-22(29)5-2)17-19(25(33)34)12-15-37-23(30)6-3/h4-6,16-17H,1-3,7-15H2,(H,31,32)(H,33,34)/p-2/b18-16-,19-17+. The van der Waals surface area contributed by atoms with Gasteiger partial charge in [0.15, 0.2) is 0 Å². The lowest BCUT2D eigenvalue weighted by molar-refractivity contribution is -0.300. The van der Waals surface area contributed by atoms with Gasteiger partial charge in [-0.3, -0.25) is 9.69 Å². The van der Waals surface area contributed by atoms with E-state index in [1.807, 2.05) is 0 Å². The van der Waals surface area contributed by atoms with E-state index in [1.165, 1.54) is 0 Å². The maximum atomic E-state index is 12.8. The Bertz CT molecular complexity index is 892. The van der Waals surface area contributed by atoms with E-state index in [-0.39, 0.29) is 39.1 Å². The second-order valence-corrected chi connectivity index (χ2v) is 7.11. The van der Waals surface area contributed by atoms with Gasteiger partial charge in [-0.1, -0.05) is 19.7 Å². The molecule has 12 heteroatoms. The Morgan fingerprint density at radius 2 is 1.00 bits per heavy atom. The molecule has 0 aliphatic heterocycles. The molecule has 0 radical (unpaired) electrons. The van der Waals surface area contributed by atoms with Crippen LogP contribution in [0.2, 0.25) is 0 Å². The number of carbonyl (C=O) groups excluding carboxylic acids is 6. The molecular formula is C25H29NO11-2. The molecule has 0 bridgehead atoms. The van der Waals surface area contributed by atoms with Crippen LogP contribution in [0.3, 0.4) is 0 Å². The molecule has 0 unspecified atom stereocenters. The van der Waals surface area contributed by atoms with Crippen LogP contribution in [0, 0.1) is 0 Å². The number of hydrogen-bond donors (Lipinski definition) is 0. The fourth-order valence-corrected chi connectivity index (χ4v) is 2.51. The Morgan fingerprint density at radius 1 is 0.595 bits per heavy atom. The first-order valence-corrected chi connectivity index (χ1v) is 11.1. The third-order valence-corrected chi connectivity index (χ3v) is 4.41. The first-order chi connectivity index (χ1) is 17.5. The van der Waals surface area contributed by atoms with Gasteiger partial charge in [0.2, 0.25) is 5.91 Å². The van der Waals surface area contributed by atoms with Crippen molar-refractivity contribution in [1.29, 1.82) is 0 Å². The summed E-state index contributed by atoms with van der Waals surface area (Å²) >= 11 is 0. The number of ether oxygens (including phenoxy) is 3. The highest BCUT2D eigenvalue weighted by Gasteiger charge is 2.14. The lowest BCUT2D eigenvalue weighted by Gasteiger charge is -2.20. The number of nitrogens with zero attached hydrogens (tertiary/aromatic N) is 1. The molecule has 0 heterocycles. The van der Waals surface area contributed by atoms with Crippen LogP contribution in [0.15, 0.2) is 61.5 Å². The first-order valence-electron chi connectivity index (χ1n) is 11.1. The molecule has 0 aromatic heterocycles. The van der Waals surface area contributed by atoms with Gasteiger partial charge < -0.3 is 34.0 Å². The Kier molecular flexibility index (Phi) is 16.5. The van der Waals surface area contributed by atoms with E-state index in [9.17, 15) is 39.0 Å². The Hall–Kier alpha value is -4.48. The number of amides is 1. The zero-order valence-electron chi connectivity index (χ0n) is 20.3. The van der Waals surface area contributed by atoms with E-state index in [0.29, 0.717) is 19.3 Å². The summed E-state index contributed by atoms with van der Waals surface area (Å²) in [6.07, 6.45) is 4.85. The summed E-state index contributed by atoms with van der Waals surface area (Å²) in [5.74, 6) is -6.21. The molecule has 0 aliphatic carbocycles. The first kappa shape index (κ1) is 32.5. The Morgan fingerprint density at radius 3 is 1.38 bits per heavy atom. The highest BCUT2D eigenvalue weighted by molar-refractivity contribution is 5.89. The van der Waals surface area contributed by atoms with Crippen LogP contribution in [-0.4, -0.2) is 60.5 Å². The van der Waals surface area contributed by atoms with Crippen molar-refractivity contribution >= 4 is 35.8 Å². The van der Waals surface area contributed by atoms with Gasteiger partial charge in [0.25, 0.3) is 0 Å². The van der Waals surface area contributed by atoms with Gasteiger partial charge in [0.05, 0.1) is 31.8 Å². The maximum Gasteiger partial charge on any atom is 0.330 e. The molecule has 0 saturated carbocycles. The van der Waals surface area contributed by atoms with Crippen LogP contribution in [0.4, 0.5) is 0 Å². The van der Waals surface area contributed by atoms with E-state index in [1.54, 1.807) is 0 Å². The topological polar surface area (TPSA) is 179 Å². The second-order valence-electron chi connectivity index (χ2n) is 7.11. The maximum absolute atomic E-state index is 12.8. The highest BCUT2D eigenvalue weighted by Crippen LogP contribution is 2.13. The number of unbranched alkanes of at least 4 members (excludes halogenated alkanes) is 2. The van der Waals surface area contributed by atoms with E-state index in [0.717, 1.165) is 35.5 Å². The van der Waals surface area contributed by atoms with Gasteiger partial charge in [-0.25, -0.2) is 14.4 Å². The summed E-state index contributed by atoms with van der Waals surface area (Å²) in [4.78, 5) is 70.1. The van der Waals surface area contributed by atoms with Gasteiger partial charge >= 0.3 is 17.9 Å². The molecule has 0 spiro atoms. The van der Waals surface area contributed by atoms with Crippen molar-refractivity contribution in [1.82, 2.24) is 4.90 Å². The highest BCUT2D eigenvalue weighted by atomic mass is 16.5. The largest absolute Gasteiger partial charge is 0.545 e. The van der Waals surface area contributed by atoms with Gasteiger partial charge in [0.1, 0.15) is 0 Å². The predicted molar refractivity (Wildman–Crippen MR) is 124 cm³/mol. The smallest absolute Gasteiger partial charge is 0.330 e. The van der Waals surface area contributed by atoms with Crippen molar-refractivity contribution in [2.75, 3.05) is 19.8 Å². The molecule has 0 rings (SSSR count). The van der Waals surface area contributed by atoms with E-state index in [4.69, 9.17) is 14.2 Å². The lowest BCUT2D eigenvalue weighted by Crippen LogP contribution is -2.31. The number of carboxylic acid groups (broad SMARTS) is 2. The minimum absolute atomic E-state index is 0.110. The zero-order valence-corrected chi connectivity index (χ0v) is 20.3.